The normalized spacial score (nSPS) is 10.6. The number of carbonyl (C=O) groups excluding carboxylic acids is 1. The molecular formula is C14H14N6O2S. The lowest BCUT2D eigenvalue weighted by Gasteiger charge is -2.04. The molecular weight excluding hydrogens is 316 g/mol. The van der Waals surface area contributed by atoms with Crippen LogP contribution in [0.3, 0.4) is 0 Å². The highest BCUT2D eigenvalue weighted by Gasteiger charge is 2.12. The molecule has 0 aromatic carbocycles. The molecule has 0 saturated heterocycles. The van der Waals surface area contributed by atoms with Gasteiger partial charge in [0, 0.05) is 24.9 Å². The Morgan fingerprint density at radius 3 is 2.87 bits per heavy atom. The van der Waals surface area contributed by atoms with E-state index in [4.69, 9.17) is 0 Å². The van der Waals surface area contributed by atoms with Crippen molar-refractivity contribution in [3.05, 3.63) is 58.1 Å². The van der Waals surface area contributed by atoms with E-state index in [1.807, 2.05) is 29.6 Å². The van der Waals surface area contributed by atoms with E-state index in [-0.39, 0.29) is 12.5 Å². The van der Waals surface area contributed by atoms with Crippen LogP contribution in [0.1, 0.15) is 5.69 Å². The summed E-state index contributed by atoms with van der Waals surface area (Å²) in [7, 11) is 0. The summed E-state index contributed by atoms with van der Waals surface area (Å²) in [4.78, 5) is 28.2. The summed E-state index contributed by atoms with van der Waals surface area (Å²) < 4.78 is 2.21. The van der Waals surface area contributed by atoms with Crippen LogP contribution in [-0.4, -0.2) is 37.2 Å². The quantitative estimate of drug-likeness (QED) is 0.699. The fourth-order valence-electron chi connectivity index (χ4n) is 1.97. The van der Waals surface area contributed by atoms with Crippen molar-refractivity contribution in [2.45, 2.75) is 13.0 Å². The average molecular weight is 330 g/mol. The molecule has 0 bridgehead atoms. The van der Waals surface area contributed by atoms with Gasteiger partial charge in [-0.3, -0.25) is 9.78 Å². The summed E-state index contributed by atoms with van der Waals surface area (Å²) in [5, 5.41) is 12.7. The van der Waals surface area contributed by atoms with Gasteiger partial charge in [0.25, 0.3) is 0 Å². The molecule has 3 aromatic heterocycles. The van der Waals surface area contributed by atoms with E-state index in [1.165, 1.54) is 16.0 Å². The maximum Gasteiger partial charge on any atom is 0.369 e. The Labute approximate surface area is 135 Å². The van der Waals surface area contributed by atoms with Gasteiger partial charge in [-0.05, 0) is 40.1 Å². The fourth-order valence-corrected chi connectivity index (χ4v) is 2.64. The smallest absolute Gasteiger partial charge is 0.354 e. The Kier molecular flexibility index (Phi) is 4.57. The van der Waals surface area contributed by atoms with Gasteiger partial charge < -0.3 is 5.32 Å². The van der Waals surface area contributed by atoms with Gasteiger partial charge in [0.1, 0.15) is 11.5 Å². The molecule has 0 aliphatic rings. The first-order valence-electron chi connectivity index (χ1n) is 6.97. The Morgan fingerprint density at radius 2 is 2.13 bits per heavy atom. The number of carbonyl (C=O) groups is 1. The Bertz CT molecular complexity index is 825. The van der Waals surface area contributed by atoms with E-state index in [0.29, 0.717) is 18.0 Å². The summed E-state index contributed by atoms with van der Waals surface area (Å²) in [5.74, 6) is -0.290. The van der Waals surface area contributed by atoms with E-state index in [2.05, 4.69) is 20.7 Å². The largest absolute Gasteiger partial charge is 0.369 e. The third-order valence-electron chi connectivity index (χ3n) is 3.08. The van der Waals surface area contributed by atoms with Crippen LogP contribution < -0.4 is 11.0 Å². The molecule has 0 atom stereocenters. The number of amides is 1. The van der Waals surface area contributed by atoms with Gasteiger partial charge in [0.05, 0.1) is 0 Å². The van der Waals surface area contributed by atoms with Crippen molar-refractivity contribution in [2.24, 2.45) is 0 Å². The minimum absolute atomic E-state index is 0.160. The van der Waals surface area contributed by atoms with Gasteiger partial charge >= 0.3 is 5.69 Å². The summed E-state index contributed by atoms with van der Waals surface area (Å²) in [6.07, 6.45) is 2.34. The van der Waals surface area contributed by atoms with Gasteiger partial charge in [0.2, 0.25) is 5.91 Å². The molecule has 3 aromatic rings. The van der Waals surface area contributed by atoms with Crippen molar-refractivity contribution in [3.63, 3.8) is 0 Å². The summed E-state index contributed by atoms with van der Waals surface area (Å²) in [6.45, 7) is 0.288. The third kappa shape index (κ3) is 3.69. The highest BCUT2D eigenvalue weighted by atomic mass is 32.1. The zero-order valence-electron chi connectivity index (χ0n) is 12.1. The van der Waals surface area contributed by atoms with Gasteiger partial charge in [-0.2, -0.15) is 9.36 Å². The minimum atomic E-state index is -0.438. The average Bonchev–Trinajstić information content (AvgIpc) is 3.19. The van der Waals surface area contributed by atoms with Crippen molar-refractivity contribution in [1.82, 2.24) is 30.1 Å². The second kappa shape index (κ2) is 6.97. The number of thiophene rings is 1. The van der Waals surface area contributed by atoms with Gasteiger partial charge in [-0.15, -0.1) is 11.3 Å². The van der Waals surface area contributed by atoms with Crippen molar-refractivity contribution in [1.29, 1.82) is 0 Å². The van der Waals surface area contributed by atoms with E-state index in [9.17, 15) is 9.59 Å². The maximum atomic E-state index is 12.1. The predicted octanol–water partition coefficient (Wildman–Crippen LogP) is 0.244. The Morgan fingerprint density at radius 1 is 1.22 bits per heavy atom. The highest BCUT2D eigenvalue weighted by molar-refractivity contribution is 7.12. The molecule has 0 saturated carbocycles. The molecule has 0 unspecified atom stereocenters. The van der Waals surface area contributed by atoms with E-state index in [0.717, 1.165) is 10.4 Å². The van der Waals surface area contributed by atoms with Crippen LogP contribution in [0.4, 0.5) is 0 Å². The van der Waals surface area contributed by atoms with Crippen molar-refractivity contribution < 1.29 is 4.79 Å². The van der Waals surface area contributed by atoms with Crippen molar-refractivity contribution in [3.8, 4) is 5.00 Å². The first kappa shape index (κ1) is 15.1. The zero-order chi connectivity index (χ0) is 16.1. The lowest BCUT2D eigenvalue weighted by Crippen LogP contribution is -2.34. The number of nitrogens with one attached hydrogen (secondary N) is 1. The molecule has 0 radical (unpaired) electrons. The topological polar surface area (TPSA) is 94.7 Å². The molecule has 118 valence electrons. The van der Waals surface area contributed by atoms with Crippen LogP contribution in [0.5, 0.6) is 0 Å². The van der Waals surface area contributed by atoms with Gasteiger partial charge in [-0.25, -0.2) is 4.79 Å². The van der Waals surface area contributed by atoms with Crippen molar-refractivity contribution >= 4 is 17.2 Å². The van der Waals surface area contributed by atoms with E-state index < -0.39 is 5.69 Å². The molecule has 0 spiro atoms. The molecule has 0 fully saturated rings. The van der Waals surface area contributed by atoms with Crippen LogP contribution in [-0.2, 0) is 17.8 Å². The third-order valence-corrected chi connectivity index (χ3v) is 3.92. The summed E-state index contributed by atoms with van der Waals surface area (Å²) >= 11 is 1.37. The molecule has 1 amide bonds. The summed E-state index contributed by atoms with van der Waals surface area (Å²) in [5.41, 5.74) is 0.459. The summed E-state index contributed by atoms with van der Waals surface area (Å²) in [6, 6.07) is 9.20. The molecule has 9 heteroatoms. The number of hydrogen-bond donors (Lipinski definition) is 1. The second-order valence-electron chi connectivity index (χ2n) is 4.70. The monoisotopic (exact) mass is 330 g/mol. The molecule has 1 N–H and O–H groups in total. The molecule has 23 heavy (non-hydrogen) atoms. The van der Waals surface area contributed by atoms with Crippen LogP contribution in [0.25, 0.3) is 5.00 Å². The van der Waals surface area contributed by atoms with E-state index in [1.54, 1.807) is 12.3 Å². The predicted molar refractivity (Wildman–Crippen MR) is 84.4 cm³/mol. The standard InChI is InChI=1S/C14H14N6O2S/c21-12(16-8-6-11-4-1-2-7-15-11)10-19-14(22)20(18-17-19)13-5-3-9-23-13/h1-5,7,9H,6,8,10H2,(H,16,21). The molecule has 3 heterocycles. The van der Waals surface area contributed by atoms with Crippen LogP contribution in [0.15, 0.2) is 46.7 Å². The highest BCUT2D eigenvalue weighted by Crippen LogP contribution is 2.10. The zero-order valence-corrected chi connectivity index (χ0v) is 12.9. The lowest BCUT2D eigenvalue weighted by atomic mass is 10.3. The van der Waals surface area contributed by atoms with Crippen LogP contribution in [0, 0.1) is 0 Å². The number of hydrogen-bond acceptors (Lipinski definition) is 6. The molecule has 0 aliphatic heterocycles. The van der Waals surface area contributed by atoms with Gasteiger partial charge in [0.15, 0.2) is 0 Å². The van der Waals surface area contributed by atoms with Gasteiger partial charge in [-0.1, -0.05) is 6.07 Å². The Hall–Kier alpha value is -2.81. The second-order valence-corrected chi connectivity index (χ2v) is 5.63. The maximum absolute atomic E-state index is 12.1. The SMILES string of the molecule is O=C(Cn1nnn(-c2cccs2)c1=O)NCCc1ccccn1. The number of nitrogens with zero attached hydrogens (tertiary/aromatic N) is 5. The molecule has 0 aliphatic carbocycles. The first-order chi connectivity index (χ1) is 11.2. The van der Waals surface area contributed by atoms with Crippen molar-refractivity contribution in [2.75, 3.05) is 6.54 Å². The number of pyridine rings is 1. The molecule has 3 rings (SSSR count). The van der Waals surface area contributed by atoms with Crippen LogP contribution in [0.2, 0.25) is 0 Å². The van der Waals surface area contributed by atoms with Crippen LogP contribution >= 0.6 is 11.3 Å². The first-order valence-corrected chi connectivity index (χ1v) is 7.85. The minimum Gasteiger partial charge on any atom is -0.354 e. The number of aromatic nitrogens is 5. The Balaban J connectivity index is 1.55. The molecule has 8 nitrogen and oxygen atoms in total. The lowest BCUT2D eigenvalue weighted by molar-refractivity contribution is -0.121. The number of tetrazole rings is 1. The number of rotatable bonds is 6. The fraction of sp³-hybridized carbons (Fsp3) is 0.214. The van der Waals surface area contributed by atoms with E-state index >= 15 is 0 Å².